The third kappa shape index (κ3) is 6.15. The van der Waals surface area contributed by atoms with Crippen molar-refractivity contribution in [2.75, 3.05) is 10.6 Å². The van der Waals surface area contributed by atoms with Crippen LogP contribution in [0.5, 0.6) is 0 Å². The fourth-order valence-electron chi connectivity index (χ4n) is 3.10. The number of nitrogens with one attached hydrogen (secondary N) is 4. The van der Waals surface area contributed by atoms with Gasteiger partial charge in [-0.2, -0.15) is 8.42 Å². The second-order valence-electron chi connectivity index (χ2n) is 7.14. The molecule has 4 aromatic carbocycles. The van der Waals surface area contributed by atoms with Gasteiger partial charge in [0.1, 0.15) is 10.5 Å². The maximum absolute atomic E-state index is 13.1. The van der Waals surface area contributed by atoms with E-state index in [9.17, 15) is 8.42 Å². The van der Waals surface area contributed by atoms with Gasteiger partial charge in [0.25, 0.3) is 0 Å². The predicted molar refractivity (Wildman–Crippen MR) is 131 cm³/mol. The highest BCUT2D eigenvalue weighted by Crippen LogP contribution is 2.08. The number of anilines is 2. The first kappa shape index (κ1) is 22.0. The Bertz CT molecular complexity index is 1300. The molecule has 7 heteroatoms. The first-order valence-electron chi connectivity index (χ1n) is 10.4. The zero-order chi connectivity index (χ0) is 22.9. The first-order valence-corrected chi connectivity index (χ1v) is 11.9. The Hall–Kier alpha value is -4.23. The van der Waals surface area contributed by atoms with E-state index in [2.05, 4.69) is 20.0 Å². The Labute approximate surface area is 193 Å². The highest BCUT2D eigenvalue weighted by atomic mass is 32.2. The Morgan fingerprint density at radius 1 is 0.576 bits per heavy atom. The first-order chi connectivity index (χ1) is 16.1. The predicted octanol–water partition coefficient (Wildman–Crippen LogP) is 1.56. The molecule has 0 saturated heterocycles. The molecule has 0 aliphatic heterocycles. The quantitative estimate of drug-likeness (QED) is 0.271. The minimum atomic E-state index is -3.82. The largest absolute Gasteiger partial charge is 0.462 e. The van der Waals surface area contributed by atoms with Gasteiger partial charge in [0.15, 0.2) is 0 Å². The summed E-state index contributed by atoms with van der Waals surface area (Å²) in [5, 5.41) is 6.58. The van der Waals surface area contributed by atoms with Crippen molar-refractivity contribution in [1.29, 1.82) is 0 Å². The minimum absolute atomic E-state index is 0.175. The van der Waals surface area contributed by atoms with Crippen LogP contribution in [0.15, 0.2) is 126 Å². The lowest BCUT2D eigenvalue weighted by atomic mass is 10.2. The molecule has 0 aromatic heterocycles. The molecule has 33 heavy (non-hydrogen) atoms. The molecular formula is C26H24N4O2S+2. The summed E-state index contributed by atoms with van der Waals surface area (Å²) in [6.45, 7) is 0. The normalized spacial score (nSPS) is 11.5. The fraction of sp³-hybridized carbons (Fsp3) is 0. The standard InChI is InChI=1S/C26H22N4O2S/c31-33(32,24-19-11-4-12-20-24)30-25(21-13-5-1-6-14-21)29-26(27-22-15-7-2-8-16-22)28-23-17-9-3-10-18-23/h1-20H,(H2,27,28,29,30)/p+2. The molecule has 164 valence electrons. The van der Waals surface area contributed by atoms with Crippen LogP contribution in [0.3, 0.4) is 0 Å². The molecule has 4 N–H and O–H groups in total. The third-order valence-electron chi connectivity index (χ3n) is 4.69. The summed E-state index contributed by atoms with van der Waals surface area (Å²) in [4.78, 5) is 3.39. The van der Waals surface area contributed by atoms with E-state index in [-0.39, 0.29) is 4.90 Å². The molecule has 6 nitrogen and oxygen atoms in total. The van der Waals surface area contributed by atoms with E-state index >= 15 is 0 Å². The smallest absolute Gasteiger partial charge is 0.286 e. The van der Waals surface area contributed by atoms with Gasteiger partial charge in [-0.05, 0) is 48.5 Å². The van der Waals surface area contributed by atoms with E-state index in [0.29, 0.717) is 17.4 Å². The van der Waals surface area contributed by atoms with E-state index in [1.165, 1.54) is 0 Å². The number of hydrogen-bond donors (Lipinski definition) is 4. The second kappa shape index (κ2) is 10.4. The second-order valence-corrected chi connectivity index (χ2v) is 8.82. The molecule has 0 fully saturated rings. The van der Waals surface area contributed by atoms with Crippen LogP contribution < -0.4 is 20.0 Å². The zero-order valence-corrected chi connectivity index (χ0v) is 18.6. The maximum Gasteiger partial charge on any atom is 0.462 e. The summed E-state index contributed by atoms with van der Waals surface area (Å²) in [5.41, 5.74) is 2.35. The Balaban J connectivity index is 1.81. The third-order valence-corrected chi connectivity index (χ3v) is 6.05. The molecule has 4 aromatic rings. The van der Waals surface area contributed by atoms with Crippen LogP contribution in [0.4, 0.5) is 11.4 Å². The molecule has 0 radical (unpaired) electrons. The van der Waals surface area contributed by atoms with Crippen LogP contribution in [0.1, 0.15) is 5.56 Å². The van der Waals surface area contributed by atoms with Gasteiger partial charge in [-0.1, -0.05) is 77.2 Å². The van der Waals surface area contributed by atoms with Crippen molar-refractivity contribution in [3.8, 4) is 0 Å². The van der Waals surface area contributed by atoms with Crippen LogP contribution >= 0.6 is 0 Å². The minimum Gasteiger partial charge on any atom is -0.286 e. The molecule has 4 rings (SSSR count). The van der Waals surface area contributed by atoms with Crippen LogP contribution in [0.2, 0.25) is 0 Å². The van der Waals surface area contributed by atoms with Crippen molar-refractivity contribution in [2.45, 2.75) is 4.90 Å². The van der Waals surface area contributed by atoms with Crippen LogP contribution in [-0.2, 0) is 10.0 Å². The van der Waals surface area contributed by atoms with Gasteiger partial charge in [0, 0.05) is 11.4 Å². The molecule has 0 heterocycles. The number of para-hydroxylation sites is 2. The zero-order valence-electron chi connectivity index (χ0n) is 17.8. The van der Waals surface area contributed by atoms with Crippen LogP contribution in [0, 0.1) is 0 Å². The number of rotatable bonds is 5. The summed E-state index contributed by atoms with van der Waals surface area (Å²) in [5.74, 6) is 0.795. The highest BCUT2D eigenvalue weighted by molar-refractivity contribution is 7.84. The van der Waals surface area contributed by atoms with Crippen LogP contribution in [-0.4, -0.2) is 20.2 Å². The van der Waals surface area contributed by atoms with Gasteiger partial charge in [-0.15, -0.1) is 4.99 Å². The van der Waals surface area contributed by atoms with Gasteiger partial charge in [0.05, 0.1) is 0 Å². The summed E-state index contributed by atoms with van der Waals surface area (Å²) in [7, 11) is -3.82. The van der Waals surface area contributed by atoms with E-state index in [0.717, 1.165) is 11.4 Å². The number of guanidine groups is 1. The van der Waals surface area contributed by atoms with Gasteiger partial charge >= 0.3 is 21.8 Å². The van der Waals surface area contributed by atoms with Gasteiger partial charge in [0.2, 0.25) is 0 Å². The Morgan fingerprint density at radius 3 is 1.48 bits per heavy atom. The van der Waals surface area contributed by atoms with Crippen molar-refractivity contribution < 1.29 is 17.8 Å². The van der Waals surface area contributed by atoms with Gasteiger partial charge in [-0.25, -0.2) is 0 Å². The summed E-state index contributed by atoms with van der Waals surface area (Å²) < 4.78 is 28.9. The highest BCUT2D eigenvalue weighted by Gasteiger charge is 2.27. The Morgan fingerprint density at radius 2 is 1.00 bits per heavy atom. The molecule has 0 atom stereocenters. The number of hydrogen-bond acceptors (Lipinski definition) is 2. The average molecular weight is 457 g/mol. The van der Waals surface area contributed by atoms with E-state index < -0.39 is 10.0 Å². The van der Waals surface area contributed by atoms with E-state index in [1.54, 1.807) is 30.3 Å². The number of sulfonamides is 1. The molecule has 0 saturated carbocycles. The van der Waals surface area contributed by atoms with E-state index in [1.807, 2.05) is 91.0 Å². The lowest BCUT2D eigenvalue weighted by molar-refractivity contribution is -0.413. The monoisotopic (exact) mass is 456 g/mol. The lowest BCUT2D eigenvalue weighted by Gasteiger charge is -2.07. The lowest BCUT2D eigenvalue weighted by Crippen LogP contribution is -2.96. The Kier molecular flexibility index (Phi) is 6.92. The van der Waals surface area contributed by atoms with Crippen molar-refractivity contribution in [3.05, 3.63) is 127 Å². The SMILES string of the molecule is O=S(=O)([NH+]=C([NH+]=C(Nc1ccccc1)Nc1ccccc1)c1ccccc1)c1ccccc1. The van der Waals surface area contributed by atoms with Gasteiger partial charge < -0.3 is 0 Å². The molecule has 0 amide bonds. The number of benzene rings is 4. The van der Waals surface area contributed by atoms with Crippen molar-refractivity contribution in [3.63, 3.8) is 0 Å². The fourth-order valence-corrected chi connectivity index (χ4v) is 4.18. The van der Waals surface area contributed by atoms with Crippen LogP contribution in [0.25, 0.3) is 0 Å². The summed E-state index contributed by atoms with van der Waals surface area (Å²) >= 11 is 0. The van der Waals surface area contributed by atoms with Crippen molar-refractivity contribution >= 4 is 33.2 Å². The molecular weight excluding hydrogens is 432 g/mol. The molecule has 0 unspecified atom stereocenters. The topological polar surface area (TPSA) is 86.1 Å². The van der Waals surface area contributed by atoms with E-state index in [4.69, 9.17) is 0 Å². The average Bonchev–Trinajstić information content (AvgIpc) is 2.86. The van der Waals surface area contributed by atoms with Crippen molar-refractivity contribution in [1.82, 2.24) is 0 Å². The van der Waals surface area contributed by atoms with Crippen molar-refractivity contribution in [2.24, 2.45) is 0 Å². The number of amidine groups is 1. The maximum atomic E-state index is 13.1. The molecule has 0 bridgehead atoms. The molecule has 0 aliphatic rings. The summed E-state index contributed by atoms with van der Waals surface area (Å²) in [6, 6.07) is 36.7. The van der Waals surface area contributed by atoms with Gasteiger partial charge in [-0.3, -0.25) is 10.6 Å². The summed E-state index contributed by atoms with van der Waals surface area (Å²) in [6.07, 6.45) is 0. The molecule has 0 spiro atoms. The molecule has 0 aliphatic carbocycles.